The fourth-order valence-corrected chi connectivity index (χ4v) is 3.74. The van der Waals surface area contributed by atoms with Crippen molar-refractivity contribution in [3.63, 3.8) is 0 Å². The van der Waals surface area contributed by atoms with Crippen LogP contribution in [-0.2, 0) is 4.79 Å². The number of carbonyl (C=O) groups is 2. The highest BCUT2D eigenvalue weighted by atomic mass is 16.5. The van der Waals surface area contributed by atoms with E-state index in [1.54, 1.807) is 42.6 Å². The number of unbranched alkanes of at least 4 members (excludes halogenated alkanes) is 10. The Morgan fingerprint density at radius 1 is 0.853 bits per heavy atom. The molecule has 2 aromatic rings. The Kier molecular flexibility index (Phi) is 13.4. The summed E-state index contributed by atoms with van der Waals surface area (Å²) in [5.74, 6) is 0.0138. The summed E-state index contributed by atoms with van der Waals surface area (Å²) in [5.41, 5.74) is 4.92. The Morgan fingerprint density at radius 3 is 2.09 bits per heavy atom. The highest BCUT2D eigenvalue weighted by molar-refractivity contribution is 5.91. The minimum absolute atomic E-state index is 0.0594. The van der Waals surface area contributed by atoms with Crippen molar-refractivity contribution < 1.29 is 14.3 Å². The Balaban J connectivity index is 1.56. The summed E-state index contributed by atoms with van der Waals surface area (Å²) in [6.07, 6.45) is 16.0. The molecule has 0 spiro atoms. The first kappa shape index (κ1) is 27.3. The first-order valence-electron chi connectivity index (χ1n) is 12.8. The largest absolute Gasteiger partial charge is 0.423 e. The maximum atomic E-state index is 12.2. The number of ether oxygens (including phenoxy) is 1. The van der Waals surface area contributed by atoms with E-state index in [0.717, 1.165) is 24.0 Å². The van der Waals surface area contributed by atoms with Crippen molar-refractivity contribution in [2.45, 2.75) is 90.9 Å². The van der Waals surface area contributed by atoms with E-state index in [2.05, 4.69) is 17.5 Å². The van der Waals surface area contributed by atoms with Crippen LogP contribution in [0.5, 0.6) is 5.75 Å². The second-order valence-corrected chi connectivity index (χ2v) is 8.91. The van der Waals surface area contributed by atoms with Crippen molar-refractivity contribution in [3.8, 4) is 5.75 Å². The van der Waals surface area contributed by atoms with E-state index in [9.17, 15) is 9.59 Å². The van der Waals surface area contributed by atoms with E-state index in [4.69, 9.17) is 4.74 Å². The maximum absolute atomic E-state index is 12.2. The minimum Gasteiger partial charge on any atom is -0.423 e. The number of rotatable bonds is 16. The summed E-state index contributed by atoms with van der Waals surface area (Å²) in [6, 6.07) is 14.3. The van der Waals surface area contributed by atoms with Gasteiger partial charge in [0, 0.05) is 6.42 Å². The van der Waals surface area contributed by atoms with Crippen LogP contribution in [0.4, 0.5) is 0 Å². The van der Waals surface area contributed by atoms with Crippen LogP contribution in [0, 0.1) is 6.92 Å². The molecule has 0 radical (unpaired) electrons. The van der Waals surface area contributed by atoms with Gasteiger partial charge in [-0.3, -0.25) is 4.79 Å². The van der Waals surface area contributed by atoms with Gasteiger partial charge in [-0.05, 0) is 55.3 Å². The third-order valence-corrected chi connectivity index (χ3v) is 5.75. The molecule has 0 aliphatic heterocycles. The van der Waals surface area contributed by atoms with E-state index in [0.29, 0.717) is 17.7 Å². The van der Waals surface area contributed by atoms with Crippen molar-refractivity contribution in [2.24, 2.45) is 5.10 Å². The summed E-state index contributed by atoms with van der Waals surface area (Å²) in [7, 11) is 0. The van der Waals surface area contributed by atoms with E-state index < -0.39 is 0 Å². The average Bonchev–Trinajstić information content (AvgIpc) is 2.83. The molecule has 2 aromatic carbocycles. The molecule has 0 saturated heterocycles. The predicted octanol–water partition coefficient (Wildman–Crippen LogP) is 7.37. The normalized spacial score (nSPS) is 11.0. The van der Waals surface area contributed by atoms with Crippen molar-refractivity contribution in [2.75, 3.05) is 0 Å². The minimum atomic E-state index is -0.389. The molecule has 1 N–H and O–H groups in total. The number of benzene rings is 2. The number of amides is 1. The molecule has 0 fully saturated rings. The van der Waals surface area contributed by atoms with Gasteiger partial charge in [0.2, 0.25) is 5.91 Å². The van der Waals surface area contributed by atoms with Gasteiger partial charge in [-0.2, -0.15) is 5.10 Å². The molecule has 2 rings (SSSR count). The van der Waals surface area contributed by atoms with E-state index in [1.807, 2.05) is 19.1 Å². The van der Waals surface area contributed by atoms with Gasteiger partial charge in [-0.15, -0.1) is 0 Å². The maximum Gasteiger partial charge on any atom is 0.343 e. The topological polar surface area (TPSA) is 67.8 Å². The number of hydrazone groups is 1. The van der Waals surface area contributed by atoms with Crippen LogP contribution < -0.4 is 10.2 Å². The molecule has 0 atom stereocenters. The van der Waals surface area contributed by atoms with Gasteiger partial charge in [0.15, 0.2) is 0 Å². The summed E-state index contributed by atoms with van der Waals surface area (Å²) < 4.78 is 5.41. The van der Waals surface area contributed by atoms with Crippen LogP contribution >= 0.6 is 0 Å². The lowest BCUT2D eigenvalue weighted by molar-refractivity contribution is -0.121. The molecule has 1 amide bonds. The lowest BCUT2D eigenvalue weighted by atomic mass is 10.1. The lowest BCUT2D eigenvalue weighted by Gasteiger charge is -2.05. The molecule has 0 bridgehead atoms. The lowest BCUT2D eigenvalue weighted by Crippen LogP contribution is -2.16. The summed E-state index contributed by atoms with van der Waals surface area (Å²) >= 11 is 0. The molecule has 0 aromatic heterocycles. The van der Waals surface area contributed by atoms with Gasteiger partial charge in [0.05, 0.1) is 11.8 Å². The zero-order chi connectivity index (χ0) is 24.4. The molecule has 0 aliphatic rings. The molecule has 5 heteroatoms. The second kappa shape index (κ2) is 16.6. The van der Waals surface area contributed by atoms with Crippen LogP contribution in [0.15, 0.2) is 53.6 Å². The van der Waals surface area contributed by atoms with Crippen LogP contribution in [-0.4, -0.2) is 18.1 Å². The third kappa shape index (κ3) is 11.8. The highest BCUT2D eigenvalue weighted by Crippen LogP contribution is 2.15. The Hall–Kier alpha value is -2.95. The number of nitrogens with zero attached hydrogens (tertiary/aromatic N) is 1. The van der Waals surface area contributed by atoms with Crippen LogP contribution in [0.3, 0.4) is 0 Å². The highest BCUT2D eigenvalue weighted by Gasteiger charge is 2.08. The summed E-state index contributed by atoms with van der Waals surface area (Å²) in [4.78, 5) is 24.2. The van der Waals surface area contributed by atoms with Crippen LogP contribution in [0.1, 0.15) is 105 Å². The quantitative estimate of drug-likeness (QED) is 0.0927. The number of hydrogen-bond acceptors (Lipinski definition) is 4. The number of carbonyl (C=O) groups excluding carboxylic acids is 2. The molecular weight excluding hydrogens is 424 g/mol. The molecule has 0 aliphatic carbocycles. The fraction of sp³-hybridized carbons (Fsp3) is 0.483. The molecule has 34 heavy (non-hydrogen) atoms. The summed E-state index contributed by atoms with van der Waals surface area (Å²) in [5, 5.41) is 4.03. The number of hydrogen-bond donors (Lipinski definition) is 1. The molecule has 0 saturated carbocycles. The van der Waals surface area contributed by atoms with Crippen LogP contribution in [0.2, 0.25) is 0 Å². The first-order chi connectivity index (χ1) is 16.6. The standard InChI is InChI=1S/C29H40N2O3/c1-3-4-5-6-7-8-9-10-11-12-13-17-28(32)31-30-23-25-18-20-27(21-19-25)34-29(33)26-16-14-15-24(2)22-26/h14-16,18-23H,3-13,17H2,1-2H3,(H,31,32). The van der Waals surface area contributed by atoms with Crippen molar-refractivity contribution in [3.05, 3.63) is 65.2 Å². The smallest absolute Gasteiger partial charge is 0.343 e. The van der Waals surface area contributed by atoms with Crippen LogP contribution in [0.25, 0.3) is 0 Å². The zero-order valence-corrected chi connectivity index (χ0v) is 20.9. The van der Waals surface area contributed by atoms with E-state index in [-0.39, 0.29) is 11.9 Å². The fourth-order valence-electron chi connectivity index (χ4n) is 3.74. The number of aryl methyl sites for hydroxylation is 1. The Bertz CT molecular complexity index is 891. The molecule has 184 valence electrons. The number of nitrogens with one attached hydrogen (secondary N) is 1. The van der Waals surface area contributed by atoms with Gasteiger partial charge in [0.25, 0.3) is 0 Å². The second-order valence-electron chi connectivity index (χ2n) is 8.91. The van der Waals surface area contributed by atoms with Gasteiger partial charge >= 0.3 is 5.97 Å². The zero-order valence-electron chi connectivity index (χ0n) is 20.9. The number of esters is 1. The third-order valence-electron chi connectivity index (χ3n) is 5.75. The average molecular weight is 465 g/mol. The SMILES string of the molecule is CCCCCCCCCCCCCC(=O)NN=Cc1ccc(OC(=O)c2cccc(C)c2)cc1. The van der Waals surface area contributed by atoms with Crippen molar-refractivity contribution in [1.29, 1.82) is 0 Å². The first-order valence-corrected chi connectivity index (χ1v) is 12.8. The van der Waals surface area contributed by atoms with Gasteiger partial charge in [-0.1, -0.05) is 88.8 Å². The monoisotopic (exact) mass is 464 g/mol. The molecule has 5 nitrogen and oxygen atoms in total. The van der Waals surface area contributed by atoms with Gasteiger partial charge in [0.1, 0.15) is 5.75 Å². The van der Waals surface area contributed by atoms with Crippen molar-refractivity contribution in [1.82, 2.24) is 5.43 Å². The van der Waals surface area contributed by atoms with Crippen molar-refractivity contribution >= 4 is 18.1 Å². The van der Waals surface area contributed by atoms with E-state index >= 15 is 0 Å². The predicted molar refractivity (Wildman–Crippen MR) is 139 cm³/mol. The van der Waals surface area contributed by atoms with E-state index in [1.165, 1.54) is 57.8 Å². The molecular formula is C29H40N2O3. The van der Waals surface area contributed by atoms with Gasteiger partial charge < -0.3 is 4.74 Å². The summed E-state index contributed by atoms with van der Waals surface area (Å²) in [6.45, 7) is 4.18. The molecule has 0 unspecified atom stereocenters. The Morgan fingerprint density at radius 2 is 1.47 bits per heavy atom. The molecule has 0 heterocycles. The van der Waals surface area contributed by atoms with Gasteiger partial charge in [-0.25, -0.2) is 10.2 Å². The Labute approximate surface area is 205 Å².